The molecule has 7 heteroatoms. The topological polar surface area (TPSA) is 81.4 Å². The van der Waals surface area contributed by atoms with Gasteiger partial charge in [0.2, 0.25) is 0 Å². The van der Waals surface area contributed by atoms with Crippen LogP contribution in [0.2, 0.25) is 0 Å². The van der Waals surface area contributed by atoms with E-state index >= 15 is 0 Å². The summed E-state index contributed by atoms with van der Waals surface area (Å²) in [5.41, 5.74) is 4.07. The molecule has 26 heavy (non-hydrogen) atoms. The lowest BCUT2D eigenvalue weighted by Gasteiger charge is -2.16. The summed E-state index contributed by atoms with van der Waals surface area (Å²) in [5.74, 6) is 0.763. The third-order valence-corrected chi connectivity index (χ3v) is 5.48. The van der Waals surface area contributed by atoms with Crippen molar-refractivity contribution in [3.05, 3.63) is 59.3 Å². The second-order valence-corrected chi connectivity index (χ2v) is 7.77. The number of anilines is 1. The first-order chi connectivity index (χ1) is 12.3. The fourth-order valence-electron chi connectivity index (χ4n) is 2.94. The Bertz CT molecular complexity index is 1020. The van der Waals surface area contributed by atoms with Gasteiger partial charge in [0, 0.05) is 11.6 Å². The summed E-state index contributed by atoms with van der Waals surface area (Å²) in [6.45, 7) is 5.73. The van der Waals surface area contributed by atoms with E-state index in [4.69, 9.17) is 9.26 Å². The molecule has 0 atom stereocenters. The van der Waals surface area contributed by atoms with Crippen LogP contribution in [0.4, 0.5) is 5.69 Å². The monoisotopic (exact) mass is 372 g/mol. The van der Waals surface area contributed by atoms with Gasteiger partial charge in [0.15, 0.2) is 5.76 Å². The number of methoxy groups -OCH3 is 1. The molecule has 0 aliphatic heterocycles. The molecule has 1 heterocycles. The van der Waals surface area contributed by atoms with E-state index in [0.29, 0.717) is 17.0 Å². The summed E-state index contributed by atoms with van der Waals surface area (Å²) < 4.78 is 39.0. The normalized spacial score (nSPS) is 11.4. The molecule has 3 aromatic rings. The zero-order valence-electron chi connectivity index (χ0n) is 15.0. The number of nitrogens with zero attached hydrogens (tertiary/aromatic N) is 1. The zero-order chi connectivity index (χ0) is 18.9. The van der Waals surface area contributed by atoms with Crippen molar-refractivity contribution in [1.82, 2.24) is 5.16 Å². The van der Waals surface area contributed by atoms with Crippen LogP contribution in [-0.2, 0) is 10.0 Å². The first-order valence-corrected chi connectivity index (χ1v) is 9.50. The Morgan fingerprint density at radius 2 is 1.73 bits per heavy atom. The van der Waals surface area contributed by atoms with E-state index in [0.717, 1.165) is 16.7 Å². The highest BCUT2D eigenvalue weighted by Gasteiger charge is 2.22. The molecule has 0 aliphatic carbocycles. The molecule has 0 aliphatic rings. The third kappa shape index (κ3) is 3.43. The standard InChI is InChI=1S/C19H20N2O4S/c1-12-9-13(2)19(14(3)10-12)21-26(22,23)18-6-5-15(11-17(18)24-4)16-7-8-20-25-16/h5-11,21H,1-4H3. The van der Waals surface area contributed by atoms with E-state index in [1.807, 2.05) is 32.9 Å². The first kappa shape index (κ1) is 18.0. The van der Waals surface area contributed by atoms with Crippen LogP contribution in [0.25, 0.3) is 11.3 Å². The van der Waals surface area contributed by atoms with Crippen LogP contribution in [0.5, 0.6) is 5.75 Å². The Balaban J connectivity index is 2.02. The molecule has 0 spiro atoms. The molecule has 6 nitrogen and oxygen atoms in total. The molecule has 1 N–H and O–H groups in total. The fraction of sp³-hybridized carbons (Fsp3) is 0.211. The average molecular weight is 372 g/mol. The van der Waals surface area contributed by atoms with Crippen molar-refractivity contribution >= 4 is 15.7 Å². The highest BCUT2D eigenvalue weighted by molar-refractivity contribution is 7.92. The second kappa shape index (κ2) is 6.84. The fourth-order valence-corrected chi connectivity index (χ4v) is 4.29. The van der Waals surface area contributed by atoms with Crippen molar-refractivity contribution in [2.75, 3.05) is 11.8 Å². The van der Waals surface area contributed by atoms with Crippen molar-refractivity contribution in [2.24, 2.45) is 0 Å². The molecule has 2 aromatic carbocycles. The summed E-state index contributed by atoms with van der Waals surface area (Å²) in [6.07, 6.45) is 1.52. The quantitative estimate of drug-likeness (QED) is 0.730. The molecule has 3 rings (SSSR count). The molecule has 136 valence electrons. The lowest BCUT2D eigenvalue weighted by Crippen LogP contribution is -2.16. The number of hydrogen-bond donors (Lipinski definition) is 1. The van der Waals surface area contributed by atoms with Gasteiger partial charge in [0.25, 0.3) is 10.0 Å². The zero-order valence-corrected chi connectivity index (χ0v) is 15.8. The Labute approximate surface area is 152 Å². The second-order valence-electron chi connectivity index (χ2n) is 6.12. The highest BCUT2D eigenvalue weighted by Crippen LogP contribution is 2.32. The number of hydrogen-bond acceptors (Lipinski definition) is 5. The van der Waals surface area contributed by atoms with E-state index in [-0.39, 0.29) is 10.6 Å². The summed E-state index contributed by atoms with van der Waals surface area (Å²) in [5, 5.41) is 3.66. The number of aryl methyl sites for hydroxylation is 3. The van der Waals surface area contributed by atoms with E-state index in [2.05, 4.69) is 9.88 Å². The minimum Gasteiger partial charge on any atom is -0.495 e. The lowest BCUT2D eigenvalue weighted by molar-refractivity contribution is 0.402. The Morgan fingerprint density at radius 1 is 1.04 bits per heavy atom. The van der Waals surface area contributed by atoms with Gasteiger partial charge in [0.1, 0.15) is 10.6 Å². The predicted octanol–water partition coefficient (Wildman–Crippen LogP) is 4.08. The predicted molar refractivity (Wildman–Crippen MR) is 100.0 cm³/mol. The summed E-state index contributed by atoms with van der Waals surface area (Å²) in [7, 11) is -2.39. The van der Waals surface area contributed by atoms with Crippen LogP contribution >= 0.6 is 0 Å². The summed E-state index contributed by atoms with van der Waals surface area (Å²) in [6, 6.07) is 10.3. The Hall–Kier alpha value is -2.80. The molecule has 0 saturated carbocycles. The van der Waals surface area contributed by atoms with E-state index < -0.39 is 10.0 Å². The number of sulfonamides is 1. The molecule has 0 saturated heterocycles. The third-order valence-electron chi connectivity index (χ3n) is 4.09. The SMILES string of the molecule is COc1cc(-c2ccno2)ccc1S(=O)(=O)Nc1c(C)cc(C)cc1C. The molecule has 0 radical (unpaired) electrons. The van der Waals surface area contributed by atoms with Gasteiger partial charge in [-0.1, -0.05) is 22.9 Å². The van der Waals surface area contributed by atoms with E-state index in [1.165, 1.54) is 19.4 Å². The van der Waals surface area contributed by atoms with Gasteiger partial charge < -0.3 is 9.26 Å². The molecule has 0 amide bonds. The minimum atomic E-state index is -3.82. The maximum Gasteiger partial charge on any atom is 0.265 e. The van der Waals surface area contributed by atoms with Crippen molar-refractivity contribution in [3.8, 4) is 17.1 Å². The van der Waals surface area contributed by atoms with Crippen LogP contribution in [0.15, 0.2) is 52.0 Å². The molecule has 0 bridgehead atoms. The summed E-state index contributed by atoms with van der Waals surface area (Å²) >= 11 is 0. The van der Waals surface area contributed by atoms with Crippen LogP contribution in [0.1, 0.15) is 16.7 Å². The summed E-state index contributed by atoms with van der Waals surface area (Å²) in [4.78, 5) is 0.0580. The van der Waals surface area contributed by atoms with Gasteiger partial charge in [0.05, 0.1) is 19.0 Å². The molecule has 1 aromatic heterocycles. The van der Waals surface area contributed by atoms with Crippen LogP contribution in [0.3, 0.4) is 0 Å². The number of ether oxygens (including phenoxy) is 1. The smallest absolute Gasteiger partial charge is 0.265 e. The van der Waals surface area contributed by atoms with Gasteiger partial charge in [-0.3, -0.25) is 4.72 Å². The molecular weight excluding hydrogens is 352 g/mol. The number of aromatic nitrogens is 1. The number of nitrogens with one attached hydrogen (secondary N) is 1. The van der Waals surface area contributed by atoms with Crippen molar-refractivity contribution < 1.29 is 17.7 Å². The van der Waals surface area contributed by atoms with Crippen molar-refractivity contribution in [3.63, 3.8) is 0 Å². The lowest BCUT2D eigenvalue weighted by atomic mass is 10.1. The maximum atomic E-state index is 12.9. The Morgan fingerprint density at radius 3 is 2.31 bits per heavy atom. The first-order valence-electron chi connectivity index (χ1n) is 8.01. The van der Waals surface area contributed by atoms with Gasteiger partial charge in [-0.05, 0) is 50.1 Å². The molecule has 0 fully saturated rings. The minimum absolute atomic E-state index is 0.0580. The highest BCUT2D eigenvalue weighted by atomic mass is 32.2. The van der Waals surface area contributed by atoms with E-state index in [9.17, 15) is 8.42 Å². The van der Waals surface area contributed by atoms with Crippen molar-refractivity contribution in [2.45, 2.75) is 25.7 Å². The van der Waals surface area contributed by atoms with Gasteiger partial charge in [-0.25, -0.2) is 8.42 Å². The average Bonchev–Trinajstić information content (AvgIpc) is 3.12. The van der Waals surface area contributed by atoms with Crippen LogP contribution < -0.4 is 9.46 Å². The van der Waals surface area contributed by atoms with Crippen LogP contribution in [0, 0.1) is 20.8 Å². The largest absolute Gasteiger partial charge is 0.495 e. The van der Waals surface area contributed by atoms with E-state index in [1.54, 1.807) is 18.2 Å². The van der Waals surface area contributed by atoms with Crippen LogP contribution in [-0.4, -0.2) is 20.7 Å². The van der Waals surface area contributed by atoms with Gasteiger partial charge >= 0.3 is 0 Å². The number of rotatable bonds is 5. The molecule has 0 unspecified atom stereocenters. The maximum absolute atomic E-state index is 12.9. The van der Waals surface area contributed by atoms with Crippen molar-refractivity contribution in [1.29, 1.82) is 0 Å². The van der Waals surface area contributed by atoms with Gasteiger partial charge in [-0.2, -0.15) is 0 Å². The van der Waals surface area contributed by atoms with Gasteiger partial charge in [-0.15, -0.1) is 0 Å². The number of benzene rings is 2. The molecular formula is C19H20N2O4S. The Kier molecular flexibility index (Phi) is 4.73.